The molecule has 0 saturated heterocycles. The van der Waals surface area contributed by atoms with Gasteiger partial charge in [0.1, 0.15) is 0 Å². The van der Waals surface area contributed by atoms with Crippen LogP contribution in [0.1, 0.15) is 11.1 Å². The topological polar surface area (TPSA) is 35.2 Å². The molecule has 1 aromatic carbocycles. The van der Waals surface area contributed by atoms with Crippen LogP contribution < -0.4 is 5.90 Å². The molecule has 0 aromatic heterocycles. The second-order valence-electron chi connectivity index (χ2n) is 2.33. The minimum atomic E-state index is 0.409. The van der Waals surface area contributed by atoms with Crippen molar-refractivity contribution in [3.63, 3.8) is 0 Å². The number of nitrogens with two attached hydrogens (primary N) is 1. The van der Waals surface area contributed by atoms with E-state index < -0.39 is 0 Å². The highest BCUT2D eigenvalue weighted by atomic mass is 35.5. The van der Waals surface area contributed by atoms with E-state index in [9.17, 15) is 0 Å². The van der Waals surface area contributed by atoms with Crippen LogP contribution in [0.4, 0.5) is 0 Å². The molecule has 1 aromatic rings. The van der Waals surface area contributed by atoms with E-state index in [0.29, 0.717) is 6.61 Å². The molecule has 0 atom stereocenters. The summed E-state index contributed by atoms with van der Waals surface area (Å²) in [6, 6.07) is 5.66. The minimum absolute atomic E-state index is 0.409. The molecule has 3 heteroatoms. The Bertz CT molecular complexity index is 250. The Balaban J connectivity index is 2.96. The molecule has 0 saturated carbocycles. The van der Waals surface area contributed by atoms with Gasteiger partial charge in [-0.05, 0) is 24.1 Å². The van der Waals surface area contributed by atoms with Crippen molar-refractivity contribution in [2.45, 2.75) is 13.5 Å². The number of halogens is 1. The van der Waals surface area contributed by atoms with E-state index in [0.717, 1.165) is 16.1 Å². The lowest BCUT2D eigenvalue weighted by molar-refractivity contribution is 0.123. The fourth-order valence-corrected chi connectivity index (χ4v) is 1.09. The average Bonchev–Trinajstić information content (AvgIpc) is 1.99. The summed E-state index contributed by atoms with van der Waals surface area (Å²) in [5, 5.41) is 0.750. The van der Waals surface area contributed by atoms with Gasteiger partial charge in [0, 0.05) is 5.02 Å². The lowest BCUT2D eigenvalue weighted by Gasteiger charge is -2.04. The minimum Gasteiger partial charge on any atom is -0.300 e. The van der Waals surface area contributed by atoms with Gasteiger partial charge in [-0.2, -0.15) is 0 Å². The van der Waals surface area contributed by atoms with Crippen LogP contribution in [-0.2, 0) is 11.4 Å². The number of hydrogen-bond donors (Lipinski definition) is 1. The lowest BCUT2D eigenvalue weighted by Crippen LogP contribution is -2.00. The number of hydrogen-bond acceptors (Lipinski definition) is 2. The van der Waals surface area contributed by atoms with Crippen molar-refractivity contribution in [1.29, 1.82) is 0 Å². The van der Waals surface area contributed by atoms with E-state index in [1.165, 1.54) is 0 Å². The summed E-state index contributed by atoms with van der Waals surface area (Å²) in [6.45, 7) is 2.35. The molecule has 0 fully saturated rings. The molecule has 0 heterocycles. The SMILES string of the molecule is Cc1c(Cl)cccc1CON. The normalized spacial score (nSPS) is 10.1. The fourth-order valence-electron chi connectivity index (χ4n) is 0.898. The Labute approximate surface area is 70.9 Å². The van der Waals surface area contributed by atoms with Gasteiger partial charge in [-0.25, -0.2) is 5.90 Å². The van der Waals surface area contributed by atoms with Gasteiger partial charge in [-0.15, -0.1) is 0 Å². The summed E-state index contributed by atoms with van der Waals surface area (Å²) >= 11 is 5.85. The predicted octanol–water partition coefficient (Wildman–Crippen LogP) is 2.04. The van der Waals surface area contributed by atoms with Gasteiger partial charge >= 0.3 is 0 Å². The summed E-state index contributed by atoms with van der Waals surface area (Å²) in [5.41, 5.74) is 2.06. The Morgan fingerprint density at radius 2 is 2.27 bits per heavy atom. The van der Waals surface area contributed by atoms with E-state index in [2.05, 4.69) is 4.84 Å². The first-order valence-electron chi connectivity index (χ1n) is 3.31. The van der Waals surface area contributed by atoms with Gasteiger partial charge in [-0.1, -0.05) is 23.7 Å². The van der Waals surface area contributed by atoms with Crippen LogP contribution in [0.5, 0.6) is 0 Å². The van der Waals surface area contributed by atoms with E-state index >= 15 is 0 Å². The molecule has 60 valence electrons. The maximum Gasteiger partial charge on any atom is 0.0933 e. The zero-order valence-electron chi connectivity index (χ0n) is 6.30. The van der Waals surface area contributed by atoms with Gasteiger partial charge in [0.2, 0.25) is 0 Å². The molecule has 0 spiro atoms. The van der Waals surface area contributed by atoms with Crippen molar-refractivity contribution in [2.75, 3.05) is 0 Å². The van der Waals surface area contributed by atoms with Crippen LogP contribution in [-0.4, -0.2) is 0 Å². The van der Waals surface area contributed by atoms with E-state index in [-0.39, 0.29) is 0 Å². The molecule has 0 unspecified atom stereocenters. The third-order valence-electron chi connectivity index (χ3n) is 1.62. The van der Waals surface area contributed by atoms with Gasteiger partial charge < -0.3 is 0 Å². The third kappa shape index (κ3) is 1.93. The Hall–Kier alpha value is -0.570. The van der Waals surface area contributed by atoms with E-state index in [1.807, 2.05) is 25.1 Å². The Morgan fingerprint density at radius 1 is 1.55 bits per heavy atom. The van der Waals surface area contributed by atoms with Crippen molar-refractivity contribution in [3.8, 4) is 0 Å². The van der Waals surface area contributed by atoms with Crippen LogP contribution in [0.25, 0.3) is 0 Å². The summed E-state index contributed by atoms with van der Waals surface area (Å²) < 4.78 is 0. The molecule has 0 bridgehead atoms. The van der Waals surface area contributed by atoms with E-state index in [4.69, 9.17) is 17.5 Å². The first-order valence-corrected chi connectivity index (χ1v) is 3.69. The highest BCUT2D eigenvalue weighted by Crippen LogP contribution is 2.18. The number of rotatable bonds is 2. The monoisotopic (exact) mass is 171 g/mol. The summed E-state index contributed by atoms with van der Waals surface area (Å²) in [4.78, 5) is 4.51. The molecule has 0 aliphatic heterocycles. The van der Waals surface area contributed by atoms with Crippen molar-refractivity contribution in [1.82, 2.24) is 0 Å². The highest BCUT2D eigenvalue weighted by molar-refractivity contribution is 6.31. The van der Waals surface area contributed by atoms with Crippen LogP contribution in [0.2, 0.25) is 5.02 Å². The van der Waals surface area contributed by atoms with Gasteiger partial charge in [0.25, 0.3) is 0 Å². The molecule has 0 aliphatic rings. The fraction of sp³-hybridized carbons (Fsp3) is 0.250. The molecular weight excluding hydrogens is 162 g/mol. The zero-order valence-corrected chi connectivity index (χ0v) is 7.06. The quantitative estimate of drug-likeness (QED) is 0.692. The van der Waals surface area contributed by atoms with E-state index in [1.54, 1.807) is 0 Å². The molecule has 0 amide bonds. The summed E-state index contributed by atoms with van der Waals surface area (Å²) in [6.07, 6.45) is 0. The zero-order chi connectivity index (χ0) is 8.27. The second kappa shape index (κ2) is 3.72. The smallest absolute Gasteiger partial charge is 0.0933 e. The highest BCUT2D eigenvalue weighted by Gasteiger charge is 2.00. The van der Waals surface area contributed by atoms with Crippen molar-refractivity contribution in [3.05, 3.63) is 34.3 Å². The van der Waals surface area contributed by atoms with Gasteiger partial charge in [0.15, 0.2) is 0 Å². The molecule has 2 N–H and O–H groups in total. The Kier molecular flexibility index (Phi) is 2.88. The standard InChI is InChI=1S/C8H10ClNO/c1-6-7(5-11-10)3-2-4-8(6)9/h2-4H,5,10H2,1H3. The first-order chi connectivity index (χ1) is 5.25. The summed E-state index contributed by atoms with van der Waals surface area (Å²) in [5.74, 6) is 4.94. The molecular formula is C8H10ClNO. The van der Waals surface area contributed by atoms with Crippen molar-refractivity contribution < 1.29 is 4.84 Å². The van der Waals surface area contributed by atoms with Crippen molar-refractivity contribution >= 4 is 11.6 Å². The molecule has 2 nitrogen and oxygen atoms in total. The van der Waals surface area contributed by atoms with Gasteiger partial charge in [0.05, 0.1) is 6.61 Å². The molecule has 1 rings (SSSR count). The number of benzene rings is 1. The maximum atomic E-state index is 5.85. The van der Waals surface area contributed by atoms with Crippen LogP contribution >= 0.6 is 11.6 Å². The third-order valence-corrected chi connectivity index (χ3v) is 2.03. The second-order valence-corrected chi connectivity index (χ2v) is 2.74. The summed E-state index contributed by atoms with van der Waals surface area (Å²) in [7, 11) is 0. The van der Waals surface area contributed by atoms with Crippen LogP contribution in [0.15, 0.2) is 18.2 Å². The molecule has 11 heavy (non-hydrogen) atoms. The molecule has 0 aliphatic carbocycles. The average molecular weight is 172 g/mol. The van der Waals surface area contributed by atoms with Crippen molar-refractivity contribution in [2.24, 2.45) is 5.90 Å². The van der Waals surface area contributed by atoms with Gasteiger partial charge in [-0.3, -0.25) is 4.84 Å². The maximum absolute atomic E-state index is 5.85. The Morgan fingerprint density at radius 3 is 2.91 bits per heavy atom. The lowest BCUT2D eigenvalue weighted by atomic mass is 10.1. The predicted molar refractivity (Wildman–Crippen MR) is 45.2 cm³/mol. The largest absolute Gasteiger partial charge is 0.300 e. The van der Waals surface area contributed by atoms with Crippen LogP contribution in [0.3, 0.4) is 0 Å². The molecule has 0 radical (unpaired) electrons. The first kappa shape index (κ1) is 8.53. The van der Waals surface area contributed by atoms with Crippen LogP contribution in [0, 0.1) is 6.92 Å².